The van der Waals surface area contributed by atoms with Crippen molar-refractivity contribution in [3.05, 3.63) is 78.1 Å². The van der Waals surface area contributed by atoms with Crippen LogP contribution in [0.2, 0.25) is 5.02 Å². The topological polar surface area (TPSA) is 416 Å². The molecule has 23 nitrogen and oxygen atoms in total. The number of hydrogen-bond acceptors (Lipinski definition) is 11. The van der Waals surface area contributed by atoms with Gasteiger partial charge in [0.2, 0.25) is 4.73 Å². The Kier molecular flexibility index (Phi) is 16.4. The van der Waals surface area contributed by atoms with Gasteiger partial charge in [-0.05, 0) is 35.9 Å². The maximum absolute atomic E-state index is 11.0. The third-order valence-electron chi connectivity index (χ3n) is 5.61. The van der Waals surface area contributed by atoms with E-state index < -0.39 is 73.4 Å². The van der Waals surface area contributed by atoms with Crippen LogP contribution in [0.25, 0.3) is 0 Å². The van der Waals surface area contributed by atoms with Crippen molar-refractivity contribution in [1.29, 1.82) is 0 Å². The highest BCUT2D eigenvalue weighted by Gasteiger charge is 2.60. The van der Waals surface area contributed by atoms with Gasteiger partial charge in [-0.1, -0.05) is 29.4 Å². The van der Waals surface area contributed by atoms with Crippen molar-refractivity contribution in [1.82, 2.24) is 14.5 Å². The van der Waals surface area contributed by atoms with E-state index in [1.165, 1.54) is 55.0 Å². The zero-order chi connectivity index (χ0) is 39.2. The first-order valence-electron chi connectivity index (χ1n) is 12.3. The van der Waals surface area contributed by atoms with E-state index in [0.29, 0.717) is 21.7 Å². The molecule has 0 radical (unpaired) electrons. The van der Waals surface area contributed by atoms with Crippen molar-refractivity contribution < 1.29 is 96.3 Å². The molecule has 0 saturated carbocycles. The average Bonchev–Trinajstić information content (AvgIpc) is 3.43. The summed E-state index contributed by atoms with van der Waals surface area (Å²) in [6.07, 6.45) is 5.13. The highest BCUT2D eigenvalue weighted by molar-refractivity contribution is 8.12. The maximum atomic E-state index is 11.0. The lowest BCUT2D eigenvalue weighted by Gasteiger charge is -2.29. The monoisotopic (exact) mass is 873 g/mol. The van der Waals surface area contributed by atoms with Crippen LogP contribution in [0.3, 0.4) is 0 Å². The Labute approximate surface area is 290 Å². The normalized spacial score (nSPS) is 13.6. The molecule has 0 unspecified atom stereocenters. The predicted octanol–water partition coefficient (Wildman–Crippen LogP) is 0.581. The number of halogens is 1. The van der Waals surface area contributed by atoms with Crippen molar-refractivity contribution in [3.8, 4) is 0 Å². The lowest BCUT2D eigenvalue weighted by Crippen LogP contribution is -2.33. The number of thioether (sulfide) groups is 1. The summed E-state index contributed by atoms with van der Waals surface area (Å²) in [6, 6.07) is 8.51. The van der Waals surface area contributed by atoms with Gasteiger partial charge in [-0.15, -0.1) is 0 Å². The van der Waals surface area contributed by atoms with Gasteiger partial charge in [0.1, 0.15) is 0 Å². The third kappa shape index (κ3) is 13.5. The van der Waals surface area contributed by atoms with E-state index in [2.05, 4.69) is 9.97 Å². The molecule has 1 aromatic carbocycles. The van der Waals surface area contributed by atoms with Crippen LogP contribution in [0, 0.1) is 0 Å². The van der Waals surface area contributed by atoms with Crippen LogP contribution in [0.5, 0.6) is 0 Å². The number of rotatable bonds is 12. The van der Waals surface area contributed by atoms with Gasteiger partial charge in [0.15, 0.2) is 0 Å². The molecule has 0 saturated heterocycles. The minimum atomic E-state index is -5.41. The van der Waals surface area contributed by atoms with Crippen LogP contribution in [0.1, 0.15) is 5.56 Å². The van der Waals surface area contributed by atoms with E-state index >= 15 is 0 Å². The van der Waals surface area contributed by atoms with E-state index in [9.17, 15) is 37.6 Å². The summed E-state index contributed by atoms with van der Waals surface area (Å²) in [7, 11) is -31.4. The summed E-state index contributed by atoms with van der Waals surface area (Å²) in [4.78, 5) is 114. The molecule has 0 amide bonds. The van der Waals surface area contributed by atoms with Crippen LogP contribution in [-0.4, -0.2) is 98.4 Å². The zero-order valence-electron chi connectivity index (χ0n) is 24.4. The second-order valence-electron chi connectivity index (χ2n) is 9.57. The predicted molar refractivity (Wildman–Crippen MR) is 173 cm³/mol. The molecule has 3 rings (SSSR count). The fourth-order valence-corrected chi connectivity index (χ4v) is 11.3. The molecule has 14 N–H and O–H groups in total. The minimum absolute atomic E-state index is 0.0988. The summed E-state index contributed by atoms with van der Waals surface area (Å²) in [6.45, 7) is -0.957. The average molecular weight is 874 g/mol. The van der Waals surface area contributed by atoms with Crippen molar-refractivity contribution in [2.24, 2.45) is 0 Å². The van der Waals surface area contributed by atoms with Crippen molar-refractivity contribution in [3.63, 3.8) is 0 Å². The molecule has 2 aromatic heterocycles. The Hall–Kier alpha value is -0.960. The molecule has 0 bridgehead atoms. The SMILES string of the molecule is O=P(O)(O)C(O)(Cc1cccnc1)P(=O)(O)O.O=P(O)(O)C(O)(Cn1ccnc1)P(=O)(O)O.O=P(O)(O)C(Sc1ccc(Cl)cc1)P(=O)(O)O. The first kappa shape index (κ1) is 47.1. The summed E-state index contributed by atoms with van der Waals surface area (Å²) in [5, 5.41) is 12.6. The zero-order valence-corrected chi connectivity index (χ0v) is 31.3. The molecule has 31 heteroatoms. The number of hydrogen-bond donors (Lipinski definition) is 14. The lowest BCUT2D eigenvalue weighted by molar-refractivity contribution is 0.115. The van der Waals surface area contributed by atoms with Gasteiger partial charge in [0, 0.05) is 41.1 Å². The number of pyridine rings is 1. The van der Waals surface area contributed by atoms with Crippen molar-refractivity contribution in [2.45, 2.75) is 32.8 Å². The first-order chi connectivity index (χ1) is 22.3. The van der Waals surface area contributed by atoms with Crippen LogP contribution in [0.15, 0.2) is 72.4 Å². The van der Waals surface area contributed by atoms with Crippen LogP contribution in [0.4, 0.5) is 0 Å². The number of imidazole rings is 1. The van der Waals surface area contributed by atoms with Gasteiger partial charge >= 0.3 is 45.6 Å². The number of aliphatic hydroxyl groups is 2. The molecular formula is C19H30ClN3O20P6S. The largest absolute Gasteiger partial charge is 0.371 e. The van der Waals surface area contributed by atoms with E-state index in [1.807, 2.05) is 0 Å². The summed E-state index contributed by atoms with van der Waals surface area (Å²) in [5.41, 5.74) is 0.0988. The summed E-state index contributed by atoms with van der Waals surface area (Å²) >= 11 is 6.04. The van der Waals surface area contributed by atoms with Crippen LogP contribution >= 0.6 is 68.9 Å². The van der Waals surface area contributed by atoms with Gasteiger partial charge in [-0.3, -0.25) is 32.4 Å². The molecule has 2 heterocycles. The number of benzene rings is 1. The van der Waals surface area contributed by atoms with Gasteiger partial charge in [0.05, 0.1) is 12.9 Å². The Bertz CT molecular complexity index is 1770. The fraction of sp³-hybridized carbons (Fsp3) is 0.263. The Morgan fingerprint density at radius 2 is 1.14 bits per heavy atom. The summed E-state index contributed by atoms with van der Waals surface area (Å²) in [5.74, 6) is 0. The molecule has 0 aliphatic heterocycles. The molecule has 50 heavy (non-hydrogen) atoms. The fourth-order valence-electron chi connectivity index (χ4n) is 3.10. The van der Waals surface area contributed by atoms with Gasteiger partial charge in [-0.2, -0.15) is 0 Å². The Balaban J connectivity index is 0.000000375. The van der Waals surface area contributed by atoms with Crippen molar-refractivity contribution in [2.75, 3.05) is 0 Å². The standard InChI is InChI=1S/C7H9ClO6P2S.C7H11NO7P2.C5H10N2O7P2/c8-5-1-3-6(4-2-5)17-7(15(9,10)11)16(12,13)14;9-7(16(10,11)12,17(13,14)15)4-6-2-1-3-8-5-6;8-5(15(9,10)11,16(12,13)14)3-7-2-1-6-4-7/h1-4,7H,(H2,9,10,11)(H2,12,13,14);1-3,5,9H,4H2,(H2,10,11,12)(H2,13,14,15);1-2,4,8H,3H2,(H2,9,10,11)(H2,12,13,14). The highest BCUT2D eigenvalue weighted by Crippen LogP contribution is 2.69. The second kappa shape index (κ2) is 17.5. The molecule has 0 atom stereocenters. The van der Waals surface area contributed by atoms with E-state index in [-0.39, 0.29) is 5.56 Å². The lowest BCUT2D eigenvalue weighted by atomic mass is 10.2. The van der Waals surface area contributed by atoms with E-state index in [0.717, 1.165) is 17.1 Å². The molecule has 0 spiro atoms. The second-order valence-corrected chi connectivity index (χ2v) is 23.7. The molecule has 0 aliphatic rings. The first-order valence-corrected chi connectivity index (χ1v) is 23.4. The number of aromatic nitrogens is 3. The van der Waals surface area contributed by atoms with Gasteiger partial charge < -0.3 is 73.5 Å². The maximum Gasteiger partial charge on any atom is 0.371 e. The van der Waals surface area contributed by atoms with E-state index in [1.54, 1.807) is 0 Å². The molecule has 284 valence electrons. The van der Waals surface area contributed by atoms with Gasteiger partial charge in [-0.25, -0.2) is 4.98 Å². The quantitative estimate of drug-likeness (QED) is 0.0874. The summed E-state index contributed by atoms with van der Waals surface area (Å²) < 4.78 is 64.8. The van der Waals surface area contributed by atoms with Crippen LogP contribution in [-0.2, 0) is 40.4 Å². The molecular weight excluding hydrogens is 844 g/mol. The molecule has 0 fully saturated rings. The van der Waals surface area contributed by atoms with E-state index in [4.69, 9.17) is 70.3 Å². The highest BCUT2D eigenvalue weighted by atomic mass is 35.5. The Morgan fingerprint density at radius 1 is 0.680 bits per heavy atom. The van der Waals surface area contributed by atoms with Gasteiger partial charge in [0.25, 0.3) is 10.2 Å². The smallest absolute Gasteiger partial charge is 0.367 e. The number of nitrogens with zero attached hydrogens (tertiary/aromatic N) is 3. The molecule has 3 aromatic rings. The van der Waals surface area contributed by atoms with Crippen molar-refractivity contribution >= 4 is 68.9 Å². The minimum Gasteiger partial charge on any atom is -0.367 e. The molecule has 0 aliphatic carbocycles. The Morgan fingerprint density at radius 3 is 1.48 bits per heavy atom. The van der Waals surface area contributed by atoms with Crippen LogP contribution < -0.4 is 0 Å². The third-order valence-corrected chi connectivity index (χ3v) is 19.3.